The lowest BCUT2D eigenvalue weighted by atomic mass is 10.1. The number of halogens is 2. The van der Waals surface area contributed by atoms with Crippen LogP contribution < -0.4 is 4.74 Å². The Balaban J connectivity index is 1.80. The Hall–Kier alpha value is -2.82. The molecule has 5 heteroatoms. The van der Waals surface area contributed by atoms with Crippen molar-refractivity contribution in [2.24, 2.45) is 0 Å². The summed E-state index contributed by atoms with van der Waals surface area (Å²) >= 11 is 0. The van der Waals surface area contributed by atoms with Gasteiger partial charge in [-0.1, -0.05) is 18.2 Å². The van der Waals surface area contributed by atoms with E-state index < -0.39 is 11.6 Å². The number of rotatable bonds is 1. The second-order valence-corrected chi connectivity index (χ2v) is 5.34. The third kappa shape index (κ3) is 2.54. The Bertz CT molecular complexity index is 896. The van der Waals surface area contributed by atoms with Gasteiger partial charge in [-0.05, 0) is 42.7 Å². The number of hydrogen-bond donors (Lipinski definition) is 0. The smallest absolute Gasteiger partial charge is 0.241 e. The molecule has 0 amide bonds. The van der Waals surface area contributed by atoms with Gasteiger partial charge in [0, 0.05) is 5.56 Å². The second-order valence-electron chi connectivity index (χ2n) is 5.34. The topological polar surface area (TPSA) is 35.0 Å². The van der Waals surface area contributed by atoms with Crippen LogP contribution in [-0.4, -0.2) is 9.97 Å². The number of nitrogens with zero attached hydrogens (tertiary/aromatic N) is 2. The van der Waals surface area contributed by atoms with Crippen LogP contribution >= 0.6 is 0 Å². The fraction of sp³-hybridized carbons (Fsp3) is 0.111. The highest BCUT2D eigenvalue weighted by molar-refractivity contribution is 5.60. The molecule has 0 N–H and O–H groups in total. The summed E-state index contributed by atoms with van der Waals surface area (Å²) in [5.74, 6) is -0.00685. The van der Waals surface area contributed by atoms with Gasteiger partial charge < -0.3 is 4.74 Å². The average molecular weight is 310 g/mol. The van der Waals surface area contributed by atoms with E-state index in [0.29, 0.717) is 18.0 Å². The van der Waals surface area contributed by atoms with Crippen molar-refractivity contribution in [3.63, 3.8) is 0 Å². The fourth-order valence-corrected chi connectivity index (χ4v) is 2.64. The van der Waals surface area contributed by atoms with Gasteiger partial charge in [-0.15, -0.1) is 0 Å². The standard InChI is InChI=1S/C18H12F2N2O/c19-12-6-7-14(20)13(9-12)16-10-21-15-8-5-11-3-1-2-4-17(11)23-18(15)22-16/h1-4,6-7,9-10H,5,8H2. The number of ether oxygens (including phenoxy) is 1. The fourth-order valence-electron chi connectivity index (χ4n) is 2.64. The number of para-hydroxylation sites is 1. The van der Waals surface area contributed by atoms with Crippen LogP contribution in [0.4, 0.5) is 8.78 Å². The summed E-state index contributed by atoms with van der Waals surface area (Å²) in [7, 11) is 0. The molecule has 0 saturated carbocycles. The van der Waals surface area contributed by atoms with Gasteiger partial charge in [0.15, 0.2) is 0 Å². The van der Waals surface area contributed by atoms with Crippen molar-refractivity contribution in [3.8, 4) is 22.9 Å². The monoisotopic (exact) mass is 310 g/mol. The molecule has 1 aromatic heterocycles. The zero-order chi connectivity index (χ0) is 15.8. The highest BCUT2D eigenvalue weighted by Gasteiger charge is 2.18. The lowest BCUT2D eigenvalue weighted by molar-refractivity contribution is 0.456. The molecule has 0 fully saturated rings. The molecular formula is C18H12F2N2O. The normalized spacial score (nSPS) is 12.8. The molecule has 1 aliphatic heterocycles. The van der Waals surface area contributed by atoms with Crippen molar-refractivity contribution in [2.45, 2.75) is 12.8 Å². The lowest BCUT2D eigenvalue weighted by Crippen LogP contribution is -1.99. The first-order valence-corrected chi connectivity index (χ1v) is 7.28. The molecule has 3 aromatic rings. The van der Waals surface area contributed by atoms with Gasteiger partial charge in [-0.25, -0.2) is 13.8 Å². The van der Waals surface area contributed by atoms with Crippen molar-refractivity contribution in [1.29, 1.82) is 0 Å². The lowest BCUT2D eigenvalue weighted by Gasteiger charge is -2.09. The molecule has 4 rings (SSSR count). The Morgan fingerprint density at radius 1 is 1.00 bits per heavy atom. The van der Waals surface area contributed by atoms with Crippen molar-refractivity contribution < 1.29 is 13.5 Å². The van der Waals surface area contributed by atoms with Crippen molar-refractivity contribution in [2.75, 3.05) is 0 Å². The van der Waals surface area contributed by atoms with Crippen LogP contribution in [-0.2, 0) is 12.8 Å². The van der Waals surface area contributed by atoms with E-state index in [4.69, 9.17) is 4.74 Å². The Kier molecular flexibility index (Phi) is 3.26. The highest BCUT2D eigenvalue weighted by atomic mass is 19.1. The minimum atomic E-state index is -0.547. The van der Waals surface area contributed by atoms with Crippen LogP contribution in [0.15, 0.2) is 48.7 Å². The molecule has 23 heavy (non-hydrogen) atoms. The molecule has 114 valence electrons. The summed E-state index contributed by atoms with van der Waals surface area (Å²) < 4.78 is 33.2. The minimum absolute atomic E-state index is 0.0708. The highest BCUT2D eigenvalue weighted by Crippen LogP contribution is 2.33. The summed E-state index contributed by atoms with van der Waals surface area (Å²) in [5.41, 5.74) is 2.11. The van der Waals surface area contributed by atoms with Gasteiger partial charge in [-0.3, -0.25) is 4.98 Å². The molecule has 0 saturated heterocycles. The molecule has 0 aliphatic carbocycles. The third-order valence-electron chi connectivity index (χ3n) is 3.83. The Morgan fingerprint density at radius 3 is 2.78 bits per heavy atom. The van der Waals surface area contributed by atoms with Gasteiger partial charge in [-0.2, -0.15) is 0 Å². The van der Waals surface area contributed by atoms with Crippen LogP contribution in [0.25, 0.3) is 11.3 Å². The molecule has 0 spiro atoms. The van der Waals surface area contributed by atoms with Crippen molar-refractivity contribution in [1.82, 2.24) is 9.97 Å². The summed E-state index contributed by atoms with van der Waals surface area (Å²) in [4.78, 5) is 8.69. The van der Waals surface area contributed by atoms with Crippen molar-refractivity contribution in [3.05, 3.63) is 71.6 Å². The molecule has 3 nitrogen and oxygen atoms in total. The van der Waals surface area contributed by atoms with Crippen LogP contribution in [0.2, 0.25) is 0 Å². The van der Waals surface area contributed by atoms with E-state index in [2.05, 4.69) is 9.97 Å². The largest absolute Gasteiger partial charge is 0.437 e. The number of benzene rings is 2. The molecule has 2 aromatic carbocycles. The van der Waals surface area contributed by atoms with Crippen LogP contribution in [0.1, 0.15) is 11.3 Å². The predicted molar refractivity (Wildman–Crippen MR) is 81.3 cm³/mol. The quantitative estimate of drug-likeness (QED) is 0.671. The molecule has 0 bridgehead atoms. The zero-order valence-electron chi connectivity index (χ0n) is 12.1. The van der Waals surface area contributed by atoms with E-state index >= 15 is 0 Å². The van der Waals surface area contributed by atoms with E-state index in [-0.39, 0.29) is 11.3 Å². The van der Waals surface area contributed by atoms with Gasteiger partial charge in [0.2, 0.25) is 5.88 Å². The first-order valence-electron chi connectivity index (χ1n) is 7.28. The molecule has 0 unspecified atom stereocenters. The first-order chi connectivity index (χ1) is 11.2. The summed E-state index contributed by atoms with van der Waals surface area (Å²) in [6.07, 6.45) is 2.94. The Labute approximate surface area is 131 Å². The van der Waals surface area contributed by atoms with Gasteiger partial charge in [0.05, 0.1) is 11.9 Å². The third-order valence-corrected chi connectivity index (χ3v) is 3.83. The summed E-state index contributed by atoms with van der Waals surface area (Å²) in [6, 6.07) is 10.9. The van der Waals surface area contributed by atoms with E-state index in [0.717, 1.165) is 35.9 Å². The molecular weight excluding hydrogens is 298 g/mol. The Morgan fingerprint density at radius 2 is 1.87 bits per heavy atom. The van der Waals surface area contributed by atoms with E-state index in [1.54, 1.807) is 0 Å². The van der Waals surface area contributed by atoms with Crippen LogP contribution in [0, 0.1) is 11.6 Å². The average Bonchev–Trinajstić information content (AvgIpc) is 2.75. The SMILES string of the molecule is Fc1ccc(F)c(-c2cnc3c(n2)Oc2ccccc2CC3)c1. The number of aryl methyl sites for hydroxylation is 2. The number of hydrogen-bond acceptors (Lipinski definition) is 3. The number of aromatic nitrogens is 2. The van der Waals surface area contributed by atoms with E-state index in [1.165, 1.54) is 6.20 Å². The van der Waals surface area contributed by atoms with E-state index in [9.17, 15) is 8.78 Å². The predicted octanol–water partition coefficient (Wildman–Crippen LogP) is 4.31. The molecule has 2 heterocycles. The zero-order valence-corrected chi connectivity index (χ0v) is 12.1. The van der Waals surface area contributed by atoms with E-state index in [1.807, 2.05) is 24.3 Å². The first kappa shape index (κ1) is 13.8. The maximum absolute atomic E-state index is 13.9. The van der Waals surface area contributed by atoms with Crippen LogP contribution in [0.5, 0.6) is 11.6 Å². The van der Waals surface area contributed by atoms with Crippen LogP contribution in [0.3, 0.4) is 0 Å². The maximum Gasteiger partial charge on any atom is 0.241 e. The minimum Gasteiger partial charge on any atom is -0.437 e. The second kappa shape index (κ2) is 5.43. The maximum atomic E-state index is 13.9. The van der Waals surface area contributed by atoms with Gasteiger partial charge >= 0.3 is 0 Å². The van der Waals surface area contributed by atoms with Gasteiger partial charge in [0.1, 0.15) is 23.1 Å². The number of fused-ring (bicyclic) bond motifs is 2. The summed E-state index contributed by atoms with van der Waals surface area (Å²) in [6.45, 7) is 0. The van der Waals surface area contributed by atoms with Gasteiger partial charge in [0.25, 0.3) is 0 Å². The molecule has 0 atom stereocenters. The summed E-state index contributed by atoms with van der Waals surface area (Å²) in [5, 5.41) is 0. The molecule has 0 radical (unpaired) electrons. The van der Waals surface area contributed by atoms with Crippen molar-refractivity contribution >= 4 is 0 Å². The molecule has 1 aliphatic rings.